The lowest BCUT2D eigenvalue weighted by Gasteiger charge is -2.54. The molecule has 0 saturated heterocycles. The third-order valence-corrected chi connectivity index (χ3v) is 5.12. The lowest BCUT2D eigenvalue weighted by atomic mass is 9.60. The first-order valence-electron chi connectivity index (χ1n) is 8.92. The van der Waals surface area contributed by atoms with Crippen LogP contribution in [0.2, 0.25) is 0 Å². The minimum Gasteiger partial charge on any atom is -0.385 e. The molecule has 2 rings (SSSR count). The van der Waals surface area contributed by atoms with Gasteiger partial charge in [-0.05, 0) is 39.5 Å². The zero-order valence-electron chi connectivity index (χ0n) is 14.9. The van der Waals surface area contributed by atoms with E-state index < -0.39 is 0 Å². The van der Waals surface area contributed by atoms with Crippen LogP contribution in [0.5, 0.6) is 0 Å². The highest BCUT2D eigenvalue weighted by Crippen LogP contribution is 2.54. The fraction of sp³-hybridized carbons (Fsp3) is 0.941. The number of hydrogen-bond acceptors (Lipinski definition) is 3. The molecule has 2 atom stereocenters. The molecule has 2 saturated carbocycles. The summed E-state index contributed by atoms with van der Waals surface area (Å²) in [6, 6.07) is 0.506. The topological polar surface area (TPSA) is 54.9 Å². The maximum atomic E-state index is 5.98. The Morgan fingerprint density at radius 3 is 2.61 bits per heavy atom. The molecule has 0 aromatic carbocycles. The zero-order valence-corrected chi connectivity index (χ0v) is 17.2. The number of halogens is 1. The van der Waals surface area contributed by atoms with Crippen molar-refractivity contribution in [2.45, 2.75) is 64.5 Å². The normalized spacial score (nSPS) is 25.8. The monoisotopic (exact) mass is 439 g/mol. The number of nitrogens with zero attached hydrogens (tertiary/aromatic N) is 1. The Kier molecular flexibility index (Phi) is 9.77. The summed E-state index contributed by atoms with van der Waals surface area (Å²) in [6.07, 6.45) is 7.76. The van der Waals surface area contributed by atoms with E-state index in [9.17, 15) is 0 Å². The van der Waals surface area contributed by atoms with Crippen molar-refractivity contribution in [2.75, 3.05) is 33.4 Å². The Hall–Kier alpha value is -0.0800. The predicted octanol–water partition coefficient (Wildman–Crippen LogP) is 2.93. The third-order valence-electron chi connectivity index (χ3n) is 5.12. The van der Waals surface area contributed by atoms with E-state index in [0.717, 1.165) is 45.1 Å². The molecule has 0 bridgehead atoms. The first kappa shape index (κ1) is 21.0. The number of rotatable bonds is 8. The molecule has 2 unspecified atom stereocenters. The highest BCUT2D eigenvalue weighted by atomic mass is 127. The first-order chi connectivity index (χ1) is 10.8. The molecule has 0 aliphatic heterocycles. The highest BCUT2D eigenvalue weighted by molar-refractivity contribution is 14.0. The second kappa shape index (κ2) is 10.7. The van der Waals surface area contributed by atoms with Crippen LogP contribution >= 0.6 is 24.0 Å². The van der Waals surface area contributed by atoms with Crippen LogP contribution in [0.1, 0.15) is 52.4 Å². The Morgan fingerprint density at radius 1 is 1.26 bits per heavy atom. The molecule has 2 N–H and O–H groups in total. The van der Waals surface area contributed by atoms with E-state index in [-0.39, 0.29) is 24.0 Å². The number of aliphatic imine (C=N–C) groups is 1. The van der Waals surface area contributed by atoms with Crippen LogP contribution in [0, 0.1) is 5.41 Å². The van der Waals surface area contributed by atoms with Crippen LogP contribution in [0.25, 0.3) is 0 Å². The van der Waals surface area contributed by atoms with Gasteiger partial charge in [-0.3, -0.25) is 4.99 Å². The standard InChI is InChI=1S/C17H33N3O2.HI/c1-4-18-16(19-11-8-12-21-3)20-14-13-15(22-5-2)17(14)9-6-7-10-17;/h14-15H,4-13H2,1-3H3,(H2,18,19,20);1H. The van der Waals surface area contributed by atoms with Crippen LogP contribution in [0.4, 0.5) is 0 Å². The van der Waals surface area contributed by atoms with Crippen molar-refractivity contribution >= 4 is 29.9 Å². The predicted molar refractivity (Wildman–Crippen MR) is 106 cm³/mol. The fourth-order valence-electron chi connectivity index (χ4n) is 3.97. The van der Waals surface area contributed by atoms with Crippen molar-refractivity contribution in [3.8, 4) is 0 Å². The second-order valence-electron chi connectivity index (χ2n) is 6.42. The van der Waals surface area contributed by atoms with Crippen LogP contribution in [0.15, 0.2) is 4.99 Å². The number of methoxy groups -OCH3 is 1. The molecule has 2 aliphatic rings. The van der Waals surface area contributed by atoms with Gasteiger partial charge < -0.3 is 20.1 Å². The van der Waals surface area contributed by atoms with Gasteiger partial charge in [-0.15, -0.1) is 24.0 Å². The second-order valence-corrected chi connectivity index (χ2v) is 6.42. The van der Waals surface area contributed by atoms with Gasteiger partial charge in [0.15, 0.2) is 5.96 Å². The van der Waals surface area contributed by atoms with E-state index >= 15 is 0 Å². The summed E-state index contributed by atoms with van der Waals surface area (Å²) in [6.45, 7) is 7.50. The molecule has 23 heavy (non-hydrogen) atoms. The molecule has 136 valence electrons. The average Bonchev–Trinajstić information content (AvgIpc) is 3.03. The Morgan fingerprint density at radius 2 is 2.00 bits per heavy atom. The summed E-state index contributed by atoms with van der Waals surface area (Å²) in [4.78, 5) is 4.67. The molecule has 0 amide bonds. The summed E-state index contributed by atoms with van der Waals surface area (Å²) < 4.78 is 11.1. The molecule has 2 fully saturated rings. The van der Waals surface area contributed by atoms with Crippen LogP contribution in [0.3, 0.4) is 0 Å². The highest BCUT2D eigenvalue weighted by Gasteiger charge is 2.56. The number of hydrogen-bond donors (Lipinski definition) is 2. The minimum absolute atomic E-state index is 0. The molecule has 1 spiro atoms. The van der Waals surface area contributed by atoms with Gasteiger partial charge in [-0.1, -0.05) is 12.8 Å². The molecule has 5 nitrogen and oxygen atoms in total. The molecule has 0 heterocycles. The molecule has 6 heteroatoms. The lowest BCUT2D eigenvalue weighted by Crippen LogP contribution is -2.65. The fourth-order valence-corrected chi connectivity index (χ4v) is 3.97. The van der Waals surface area contributed by atoms with Gasteiger partial charge >= 0.3 is 0 Å². The van der Waals surface area contributed by atoms with Gasteiger partial charge in [-0.25, -0.2) is 0 Å². The van der Waals surface area contributed by atoms with Crippen molar-refractivity contribution < 1.29 is 9.47 Å². The van der Waals surface area contributed by atoms with Gasteiger partial charge in [0.2, 0.25) is 0 Å². The summed E-state index contributed by atoms with van der Waals surface area (Å²) in [5, 5.41) is 7.04. The van der Waals surface area contributed by atoms with Gasteiger partial charge in [0, 0.05) is 44.9 Å². The van der Waals surface area contributed by atoms with E-state index in [1.165, 1.54) is 25.7 Å². The largest absolute Gasteiger partial charge is 0.385 e. The summed E-state index contributed by atoms with van der Waals surface area (Å²) in [5.74, 6) is 0.949. The van der Waals surface area contributed by atoms with E-state index in [2.05, 4.69) is 29.5 Å². The van der Waals surface area contributed by atoms with E-state index in [1.54, 1.807) is 7.11 Å². The molecular weight excluding hydrogens is 405 g/mol. The SMILES string of the molecule is CCNC(=NCCCOC)NC1CC(OCC)C12CCCC2.I. The number of ether oxygens (including phenoxy) is 2. The van der Waals surface area contributed by atoms with E-state index in [0.29, 0.717) is 17.6 Å². The Labute approximate surface area is 158 Å². The first-order valence-corrected chi connectivity index (χ1v) is 8.92. The van der Waals surface area contributed by atoms with Crippen molar-refractivity contribution in [1.29, 1.82) is 0 Å². The maximum absolute atomic E-state index is 5.98. The molecular formula is C17H34IN3O2. The van der Waals surface area contributed by atoms with E-state index in [1.807, 2.05) is 0 Å². The Bertz CT molecular complexity index is 360. The van der Waals surface area contributed by atoms with Crippen LogP contribution in [-0.2, 0) is 9.47 Å². The minimum atomic E-state index is 0. The smallest absolute Gasteiger partial charge is 0.191 e. The van der Waals surface area contributed by atoms with Gasteiger partial charge in [0.25, 0.3) is 0 Å². The van der Waals surface area contributed by atoms with Crippen LogP contribution in [-0.4, -0.2) is 51.5 Å². The third kappa shape index (κ3) is 5.19. The summed E-state index contributed by atoms with van der Waals surface area (Å²) in [7, 11) is 1.74. The Balaban J connectivity index is 0.00000264. The molecule has 2 aliphatic carbocycles. The number of nitrogens with one attached hydrogen (secondary N) is 2. The average molecular weight is 439 g/mol. The molecule has 0 aromatic heterocycles. The van der Waals surface area contributed by atoms with Gasteiger partial charge in [-0.2, -0.15) is 0 Å². The van der Waals surface area contributed by atoms with Crippen molar-refractivity contribution in [3.05, 3.63) is 0 Å². The molecule has 0 radical (unpaired) electrons. The lowest BCUT2D eigenvalue weighted by molar-refractivity contribution is -0.125. The van der Waals surface area contributed by atoms with Gasteiger partial charge in [0.05, 0.1) is 6.10 Å². The van der Waals surface area contributed by atoms with E-state index in [4.69, 9.17) is 9.47 Å². The summed E-state index contributed by atoms with van der Waals surface area (Å²) in [5.41, 5.74) is 0.346. The van der Waals surface area contributed by atoms with Gasteiger partial charge in [0.1, 0.15) is 0 Å². The molecule has 0 aromatic rings. The van der Waals surface area contributed by atoms with Crippen LogP contribution < -0.4 is 10.6 Å². The van der Waals surface area contributed by atoms with Crippen molar-refractivity contribution in [2.24, 2.45) is 10.4 Å². The maximum Gasteiger partial charge on any atom is 0.191 e. The zero-order chi connectivity index (χ0) is 15.8. The summed E-state index contributed by atoms with van der Waals surface area (Å²) >= 11 is 0. The quantitative estimate of drug-likeness (QED) is 0.264. The van der Waals surface area contributed by atoms with Crippen molar-refractivity contribution in [1.82, 2.24) is 10.6 Å². The van der Waals surface area contributed by atoms with Crippen molar-refractivity contribution in [3.63, 3.8) is 0 Å². The number of guanidine groups is 1.